The van der Waals surface area contributed by atoms with Crippen LogP contribution in [0.15, 0.2) is 23.0 Å². The van der Waals surface area contributed by atoms with E-state index >= 15 is 0 Å². The fourth-order valence-corrected chi connectivity index (χ4v) is 4.09. The number of rotatable bonds is 3. The molecule has 0 spiro atoms. The van der Waals surface area contributed by atoms with E-state index in [2.05, 4.69) is 20.3 Å². The van der Waals surface area contributed by atoms with E-state index in [-0.39, 0.29) is 28.8 Å². The summed E-state index contributed by atoms with van der Waals surface area (Å²) < 4.78 is 42.1. The highest BCUT2D eigenvalue weighted by Crippen LogP contribution is 2.34. The molecule has 4 rings (SSSR count). The molecule has 11 heteroatoms. The lowest BCUT2D eigenvalue weighted by Gasteiger charge is -2.32. The van der Waals surface area contributed by atoms with Crippen molar-refractivity contribution in [1.29, 1.82) is 0 Å². The Labute approximate surface area is 163 Å². The molecule has 2 aliphatic heterocycles. The molecule has 2 atom stereocenters. The maximum Gasteiger partial charge on any atom is 0.573 e. The molecule has 2 N–H and O–H groups in total. The van der Waals surface area contributed by atoms with Crippen LogP contribution in [0.25, 0.3) is 11.4 Å². The first-order valence-electron chi connectivity index (χ1n) is 9.25. The number of ether oxygens (including phenoxy) is 1. The maximum absolute atomic E-state index is 12.9. The lowest BCUT2D eigenvalue weighted by molar-refractivity contribution is -0.274. The summed E-state index contributed by atoms with van der Waals surface area (Å²) in [5.41, 5.74) is -0.298. The summed E-state index contributed by atoms with van der Waals surface area (Å²) in [4.78, 5) is 14.9. The maximum atomic E-state index is 12.9. The van der Waals surface area contributed by atoms with Crippen LogP contribution in [0.3, 0.4) is 0 Å². The van der Waals surface area contributed by atoms with E-state index in [1.807, 2.05) is 4.90 Å². The van der Waals surface area contributed by atoms with Gasteiger partial charge in [0, 0.05) is 32.2 Å². The van der Waals surface area contributed by atoms with Crippen LogP contribution in [-0.2, 0) is 7.05 Å². The number of fused-ring (bicyclic) bond motifs is 1. The largest absolute Gasteiger partial charge is 0.573 e. The average Bonchev–Trinajstić information content (AvgIpc) is 3.07. The van der Waals surface area contributed by atoms with Gasteiger partial charge in [-0.05, 0) is 37.4 Å². The summed E-state index contributed by atoms with van der Waals surface area (Å²) in [5.74, 6) is -0.272. The first kappa shape index (κ1) is 19.5. The second-order valence-corrected chi connectivity index (χ2v) is 7.24. The number of nitrogens with zero attached hydrogens (tertiary/aromatic N) is 4. The lowest BCUT2D eigenvalue weighted by Crippen LogP contribution is -2.48. The fourth-order valence-electron chi connectivity index (χ4n) is 4.09. The van der Waals surface area contributed by atoms with Crippen LogP contribution in [0.1, 0.15) is 12.8 Å². The van der Waals surface area contributed by atoms with Crippen LogP contribution >= 0.6 is 0 Å². The molecule has 2 saturated heterocycles. The molecular weight excluding hydrogens is 391 g/mol. The molecule has 29 heavy (non-hydrogen) atoms. The minimum atomic E-state index is -4.87. The van der Waals surface area contributed by atoms with Gasteiger partial charge in [-0.25, -0.2) is 0 Å². The van der Waals surface area contributed by atoms with Crippen molar-refractivity contribution in [3.05, 3.63) is 28.6 Å². The number of phenols is 1. The molecule has 0 saturated carbocycles. The number of piperidine rings is 1. The van der Waals surface area contributed by atoms with Gasteiger partial charge in [0.05, 0.1) is 5.56 Å². The van der Waals surface area contributed by atoms with Gasteiger partial charge in [-0.1, -0.05) is 0 Å². The molecule has 8 nitrogen and oxygen atoms in total. The fraction of sp³-hybridized carbons (Fsp3) is 0.500. The highest BCUT2D eigenvalue weighted by Gasteiger charge is 2.38. The van der Waals surface area contributed by atoms with Gasteiger partial charge in [0.25, 0.3) is 5.56 Å². The molecule has 0 bridgehead atoms. The van der Waals surface area contributed by atoms with Crippen molar-refractivity contribution in [3.8, 4) is 22.9 Å². The van der Waals surface area contributed by atoms with Crippen molar-refractivity contribution in [2.75, 3.05) is 24.5 Å². The zero-order valence-electron chi connectivity index (χ0n) is 15.6. The van der Waals surface area contributed by atoms with Gasteiger partial charge in [-0.2, -0.15) is 0 Å². The van der Waals surface area contributed by atoms with Crippen LogP contribution < -0.4 is 20.5 Å². The van der Waals surface area contributed by atoms with Crippen molar-refractivity contribution < 1.29 is 23.0 Å². The topological polar surface area (TPSA) is 92.5 Å². The Kier molecular flexibility index (Phi) is 4.85. The van der Waals surface area contributed by atoms with Gasteiger partial charge < -0.3 is 20.1 Å². The van der Waals surface area contributed by atoms with Gasteiger partial charge >= 0.3 is 6.36 Å². The van der Waals surface area contributed by atoms with E-state index in [4.69, 9.17) is 0 Å². The molecule has 2 aromatic rings. The van der Waals surface area contributed by atoms with E-state index in [9.17, 15) is 23.1 Å². The van der Waals surface area contributed by atoms with E-state index in [1.54, 1.807) is 0 Å². The number of aromatic nitrogens is 3. The highest BCUT2D eigenvalue weighted by molar-refractivity contribution is 5.65. The van der Waals surface area contributed by atoms with Gasteiger partial charge in [0.15, 0.2) is 5.82 Å². The van der Waals surface area contributed by atoms with Crippen LogP contribution in [0, 0.1) is 5.92 Å². The van der Waals surface area contributed by atoms with Crippen molar-refractivity contribution in [2.45, 2.75) is 25.2 Å². The molecule has 0 radical (unpaired) electrons. The third-order valence-electron chi connectivity index (χ3n) is 5.50. The molecule has 2 aliphatic rings. The average molecular weight is 411 g/mol. The lowest BCUT2D eigenvalue weighted by atomic mass is 9.93. The van der Waals surface area contributed by atoms with Gasteiger partial charge in [0.2, 0.25) is 5.82 Å². The summed E-state index contributed by atoms with van der Waals surface area (Å²) >= 11 is 0. The van der Waals surface area contributed by atoms with Crippen molar-refractivity contribution >= 4 is 5.82 Å². The summed E-state index contributed by atoms with van der Waals surface area (Å²) in [5, 5.41) is 21.7. The predicted molar refractivity (Wildman–Crippen MR) is 97.8 cm³/mol. The molecule has 3 heterocycles. The van der Waals surface area contributed by atoms with Crippen LogP contribution in [-0.4, -0.2) is 51.9 Å². The Hall–Kier alpha value is -2.82. The summed E-state index contributed by atoms with van der Waals surface area (Å²) in [6.07, 6.45) is -2.84. The van der Waals surface area contributed by atoms with Gasteiger partial charge in [-0.3, -0.25) is 9.36 Å². The first-order chi connectivity index (χ1) is 13.7. The molecular formula is C18H20F3N5O3. The highest BCUT2D eigenvalue weighted by atomic mass is 19.4. The molecule has 0 aliphatic carbocycles. The zero-order chi connectivity index (χ0) is 20.8. The Morgan fingerprint density at radius 2 is 2.07 bits per heavy atom. The normalized spacial score (nSPS) is 21.9. The van der Waals surface area contributed by atoms with Gasteiger partial charge in [-0.15, -0.1) is 23.4 Å². The number of aromatic hydroxyl groups is 1. The van der Waals surface area contributed by atoms with Gasteiger partial charge in [0.1, 0.15) is 11.5 Å². The van der Waals surface area contributed by atoms with Crippen molar-refractivity contribution in [3.63, 3.8) is 0 Å². The van der Waals surface area contributed by atoms with Crippen LogP contribution in [0.5, 0.6) is 11.5 Å². The summed E-state index contributed by atoms with van der Waals surface area (Å²) in [7, 11) is 1.49. The predicted octanol–water partition coefficient (Wildman–Crippen LogP) is 1.63. The Balaban J connectivity index is 1.65. The summed E-state index contributed by atoms with van der Waals surface area (Å²) in [6, 6.07) is 3.25. The van der Waals surface area contributed by atoms with E-state index in [0.717, 1.165) is 44.6 Å². The Bertz CT molecular complexity index is 978. The third kappa shape index (κ3) is 3.74. The number of hydrogen-bond donors (Lipinski definition) is 2. The molecule has 2 fully saturated rings. The third-order valence-corrected chi connectivity index (χ3v) is 5.50. The smallest absolute Gasteiger partial charge is 0.507 e. The number of anilines is 1. The number of benzene rings is 1. The van der Waals surface area contributed by atoms with Crippen molar-refractivity contribution in [2.24, 2.45) is 13.0 Å². The number of alkyl halides is 3. The summed E-state index contributed by atoms with van der Waals surface area (Å²) in [6.45, 7) is 2.46. The Morgan fingerprint density at radius 3 is 2.79 bits per heavy atom. The number of halogens is 3. The van der Waals surface area contributed by atoms with E-state index in [0.29, 0.717) is 5.92 Å². The van der Waals surface area contributed by atoms with Crippen LogP contribution in [0.4, 0.5) is 19.0 Å². The first-order valence-corrected chi connectivity index (χ1v) is 9.25. The molecule has 2 unspecified atom stereocenters. The molecule has 0 amide bonds. The molecule has 1 aromatic carbocycles. The number of phenolic OH excluding ortho intramolecular Hbond substituents is 1. The monoisotopic (exact) mass is 411 g/mol. The number of nitrogens with one attached hydrogen (secondary N) is 1. The number of hydrogen-bond acceptors (Lipinski definition) is 7. The van der Waals surface area contributed by atoms with E-state index in [1.165, 1.54) is 17.7 Å². The minimum Gasteiger partial charge on any atom is -0.507 e. The molecule has 1 aromatic heterocycles. The minimum absolute atomic E-state index is 0.0484. The Morgan fingerprint density at radius 1 is 1.28 bits per heavy atom. The quantitative estimate of drug-likeness (QED) is 0.793. The standard InChI is InChI=1S/C18H20F3N5O3/c1-25-15(12-3-2-11(8-14(12)27)29-18(19,20)21)23-24-16(17(25)28)26-7-5-10-4-6-22-9-13(10)26/h2-3,8,10,13,22,27H,4-7,9H2,1H3. The second-order valence-electron chi connectivity index (χ2n) is 7.24. The van der Waals surface area contributed by atoms with Crippen molar-refractivity contribution in [1.82, 2.24) is 20.1 Å². The van der Waals surface area contributed by atoms with E-state index < -0.39 is 17.9 Å². The zero-order valence-corrected chi connectivity index (χ0v) is 15.6. The second kappa shape index (κ2) is 7.21. The van der Waals surface area contributed by atoms with Crippen LogP contribution in [0.2, 0.25) is 0 Å². The SMILES string of the molecule is Cn1c(-c2ccc(OC(F)(F)F)cc2O)nnc(N2CCC3CCNCC32)c1=O. The molecule has 156 valence electrons.